The lowest BCUT2D eigenvalue weighted by atomic mass is 10.0. The summed E-state index contributed by atoms with van der Waals surface area (Å²) in [5, 5.41) is 1.05. The van der Waals surface area contributed by atoms with Crippen LogP contribution in [0.1, 0.15) is 0 Å². The third-order valence-corrected chi connectivity index (χ3v) is 3.72. The lowest BCUT2D eigenvalue weighted by Gasteiger charge is -2.39. The Morgan fingerprint density at radius 1 is 1.22 bits per heavy atom. The molecule has 94 valence electrons. The fraction of sp³-hybridized carbons (Fsp3) is 0.308. The Morgan fingerprint density at radius 3 is 2.67 bits per heavy atom. The third kappa shape index (κ3) is 2.07. The molecular formula is C13H11BrF2N2. The smallest absolute Gasteiger partial charge is 0.244 e. The minimum absolute atomic E-state index is 0.393. The molecule has 0 bridgehead atoms. The van der Waals surface area contributed by atoms with Crippen LogP contribution < -0.4 is 4.90 Å². The van der Waals surface area contributed by atoms with E-state index in [0.717, 1.165) is 21.2 Å². The summed E-state index contributed by atoms with van der Waals surface area (Å²) in [7, 11) is 0. The molecule has 0 unspecified atom stereocenters. The van der Waals surface area contributed by atoms with E-state index in [4.69, 9.17) is 0 Å². The highest BCUT2D eigenvalue weighted by Crippen LogP contribution is 2.29. The van der Waals surface area contributed by atoms with Gasteiger partial charge in [0, 0.05) is 22.9 Å². The molecule has 0 amide bonds. The Labute approximate surface area is 112 Å². The van der Waals surface area contributed by atoms with Gasteiger partial charge in [-0.05, 0) is 24.3 Å². The molecule has 2 aromatic rings. The molecule has 2 heterocycles. The van der Waals surface area contributed by atoms with Crippen molar-refractivity contribution in [3.05, 3.63) is 34.8 Å². The Hall–Kier alpha value is -1.23. The normalized spacial score (nSPS) is 16.3. The zero-order valence-electron chi connectivity index (χ0n) is 9.48. The molecule has 3 rings (SSSR count). The number of alkyl halides is 2. The van der Waals surface area contributed by atoms with Crippen LogP contribution in [0.15, 0.2) is 34.8 Å². The van der Waals surface area contributed by atoms with E-state index in [1.807, 2.05) is 35.2 Å². The van der Waals surface area contributed by atoms with E-state index in [1.54, 1.807) is 0 Å². The summed E-state index contributed by atoms with van der Waals surface area (Å²) in [6.07, 6.45) is -2.23. The molecule has 2 nitrogen and oxygen atoms in total. The zero-order valence-corrected chi connectivity index (χ0v) is 11.1. The van der Waals surface area contributed by atoms with Crippen molar-refractivity contribution < 1.29 is 8.78 Å². The maximum atomic E-state index is 12.4. The van der Waals surface area contributed by atoms with Gasteiger partial charge in [-0.25, -0.2) is 13.8 Å². The third-order valence-electron chi connectivity index (χ3n) is 3.23. The van der Waals surface area contributed by atoms with Crippen LogP contribution in [0.4, 0.5) is 14.6 Å². The van der Waals surface area contributed by atoms with Crippen LogP contribution in [0.25, 0.3) is 10.9 Å². The average molecular weight is 313 g/mol. The van der Waals surface area contributed by atoms with Crippen molar-refractivity contribution in [3.8, 4) is 0 Å². The van der Waals surface area contributed by atoms with Gasteiger partial charge in [-0.15, -0.1) is 0 Å². The monoisotopic (exact) mass is 312 g/mol. The Kier molecular flexibility index (Phi) is 2.93. The summed E-state index contributed by atoms with van der Waals surface area (Å²) < 4.78 is 25.8. The van der Waals surface area contributed by atoms with Crippen LogP contribution >= 0.6 is 15.9 Å². The number of rotatable bonds is 2. The summed E-state index contributed by atoms with van der Waals surface area (Å²) in [5.41, 5.74) is 0.877. The molecule has 1 fully saturated rings. The van der Waals surface area contributed by atoms with Gasteiger partial charge in [-0.1, -0.05) is 22.0 Å². The molecule has 0 spiro atoms. The van der Waals surface area contributed by atoms with Gasteiger partial charge in [-0.2, -0.15) is 0 Å². The van der Waals surface area contributed by atoms with E-state index in [1.165, 1.54) is 0 Å². The first-order valence-electron chi connectivity index (χ1n) is 5.73. The van der Waals surface area contributed by atoms with Gasteiger partial charge in [0.25, 0.3) is 0 Å². The second-order valence-electron chi connectivity index (χ2n) is 4.51. The number of aromatic nitrogens is 1. The number of hydrogen-bond acceptors (Lipinski definition) is 2. The van der Waals surface area contributed by atoms with Gasteiger partial charge in [0.2, 0.25) is 6.43 Å². The zero-order chi connectivity index (χ0) is 12.7. The summed E-state index contributed by atoms with van der Waals surface area (Å²) >= 11 is 3.40. The largest absolute Gasteiger partial charge is 0.355 e. The molecule has 5 heteroatoms. The number of halogens is 3. The maximum Gasteiger partial charge on any atom is 0.244 e. The van der Waals surface area contributed by atoms with Crippen LogP contribution in [-0.4, -0.2) is 24.5 Å². The maximum absolute atomic E-state index is 12.4. The van der Waals surface area contributed by atoms with E-state index in [9.17, 15) is 8.78 Å². The van der Waals surface area contributed by atoms with Crippen LogP contribution in [0.3, 0.4) is 0 Å². The highest BCUT2D eigenvalue weighted by molar-refractivity contribution is 9.10. The molecule has 0 aliphatic carbocycles. The second-order valence-corrected chi connectivity index (χ2v) is 5.42. The number of fused-ring (bicyclic) bond motifs is 1. The molecule has 1 aliphatic rings. The first-order chi connectivity index (χ1) is 8.63. The van der Waals surface area contributed by atoms with Crippen LogP contribution in [-0.2, 0) is 0 Å². The molecule has 1 saturated heterocycles. The van der Waals surface area contributed by atoms with Gasteiger partial charge >= 0.3 is 0 Å². The second kappa shape index (κ2) is 4.46. The Balaban J connectivity index is 1.86. The molecular weight excluding hydrogens is 302 g/mol. The van der Waals surface area contributed by atoms with Gasteiger partial charge < -0.3 is 4.90 Å². The molecule has 0 radical (unpaired) electrons. The topological polar surface area (TPSA) is 16.1 Å². The lowest BCUT2D eigenvalue weighted by molar-refractivity contribution is 0.0611. The lowest BCUT2D eigenvalue weighted by Crippen LogP contribution is -2.50. The van der Waals surface area contributed by atoms with E-state index >= 15 is 0 Å². The van der Waals surface area contributed by atoms with Crippen LogP contribution in [0, 0.1) is 5.92 Å². The highest BCUT2D eigenvalue weighted by Gasteiger charge is 2.34. The van der Waals surface area contributed by atoms with Crippen molar-refractivity contribution in [3.63, 3.8) is 0 Å². The molecule has 0 N–H and O–H groups in total. The van der Waals surface area contributed by atoms with E-state index in [2.05, 4.69) is 20.9 Å². The van der Waals surface area contributed by atoms with E-state index in [0.29, 0.717) is 13.1 Å². The highest BCUT2D eigenvalue weighted by atomic mass is 79.9. The summed E-state index contributed by atoms with van der Waals surface area (Å²) in [6.45, 7) is 0.786. The Morgan fingerprint density at radius 2 is 1.94 bits per heavy atom. The predicted molar refractivity (Wildman–Crippen MR) is 71.2 cm³/mol. The summed E-state index contributed by atoms with van der Waals surface area (Å²) in [5.74, 6) is 0.266. The molecule has 0 saturated carbocycles. The number of benzene rings is 1. The first kappa shape index (κ1) is 11.8. The van der Waals surface area contributed by atoms with Crippen LogP contribution in [0.2, 0.25) is 0 Å². The van der Waals surface area contributed by atoms with Crippen molar-refractivity contribution in [2.45, 2.75) is 6.43 Å². The molecule has 18 heavy (non-hydrogen) atoms. The van der Waals surface area contributed by atoms with Crippen molar-refractivity contribution in [2.24, 2.45) is 5.92 Å². The minimum atomic E-state index is -2.23. The fourth-order valence-corrected chi connectivity index (χ4v) is 2.46. The number of hydrogen-bond donors (Lipinski definition) is 0. The number of anilines is 1. The molecule has 0 atom stereocenters. The Bertz CT molecular complexity index is 582. The standard InChI is InChI=1S/C13H11BrF2N2/c14-10-3-1-8-2-4-12(17-11(8)5-10)18-6-9(7-18)13(15)16/h1-5,9,13H,6-7H2. The van der Waals surface area contributed by atoms with Gasteiger partial charge in [0.1, 0.15) is 5.82 Å². The quantitative estimate of drug-likeness (QED) is 0.840. The first-order valence-corrected chi connectivity index (χ1v) is 6.52. The molecule has 1 aromatic heterocycles. The van der Waals surface area contributed by atoms with Gasteiger partial charge in [-0.3, -0.25) is 0 Å². The fourth-order valence-electron chi connectivity index (χ4n) is 2.11. The van der Waals surface area contributed by atoms with E-state index < -0.39 is 12.3 Å². The van der Waals surface area contributed by atoms with E-state index in [-0.39, 0.29) is 0 Å². The number of nitrogens with zero attached hydrogens (tertiary/aromatic N) is 2. The van der Waals surface area contributed by atoms with Gasteiger partial charge in [0.15, 0.2) is 0 Å². The van der Waals surface area contributed by atoms with Crippen molar-refractivity contribution in [1.82, 2.24) is 4.98 Å². The molecule has 1 aromatic carbocycles. The summed E-state index contributed by atoms with van der Waals surface area (Å²) in [4.78, 5) is 6.39. The van der Waals surface area contributed by atoms with Crippen molar-refractivity contribution in [2.75, 3.05) is 18.0 Å². The van der Waals surface area contributed by atoms with Gasteiger partial charge in [0.05, 0.1) is 11.4 Å². The summed E-state index contributed by atoms with van der Waals surface area (Å²) in [6, 6.07) is 9.73. The average Bonchev–Trinajstić information content (AvgIpc) is 2.25. The number of pyridine rings is 1. The van der Waals surface area contributed by atoms with Crippen molar-refractivity contribution in [1.29, 1.82) is 0 Å². The SMILES string of the molecule is FC(F)C1CN(c2ccc3ccc(Br)cc3n2)C1. The van der Waals surface area contributed by atoms with Crippen LogP contribution in [0.5, 0.6) is 0 Å². The predicted octanol–water partition coefficient (Wildman–Crippen LogP) is 3.70. The van der Waals surface area contributed by atoms with Crippen molar-refractivity contribution >= 4 is 32.7 Å². The molecule has 1 aliphatic heterocycles. The minimum Gasteiger partial charge on any atom is -0.355 e.